The van der Waals surface area contributed by atoms with Crippen LogP contribution in [0.5, 0.6) is 0 Å². The molecule has 0 aliphatic heterocycles. The third-order valence-corrected chi connectivity index (χ3v) is 4.60. The smallest absolute Gasteiger partial charge is 0.100 e. The van der Waals surface area contributed by atoms with Gasteiger partial charge >= 0.3 is 0 Å². The molecule has 0 heterocycles. The molecule has 0 unspecified atom stereocenters. The molecule has 0 aliphatic carbocycles. The number of rotatable bonds is 17. The zero-order chi connectivity index (χ0) is 20.1. The largest absolute Gasteiger partial charge is 0.870 e. The van der Waals surface area contributed by atoms with Crippen LogP contribution in [-0.4, -0.2) is 72.3 Å². The van der Waals surface area contributed by atoms with Crippen LogP contribution < -0.4 is 0 Å². The molecule has 0 rings (SSSR count). The summed E-state index contributed by atoms with van der Waals surface area (Å²) in [4.78, 5) is 0. The van der Waals surface area contributed by atoms with Crippen molar-refractivity contribution in [2.75, 3.05) is 40.9 Å². The van der Waals surface area contributed by atoms with Crippen molar-refractivity contribution in [2.45, 2.75) is 103 Å². The van der Waals surface area contributed by atoms with Crippen molar-refractivity contribution in [3.8, 4) is 0 Å². The number of nitrogens with zero attached hydrogens (tertiary/aromatic N) is 1. The van der Waals surface area contributed by atoms with Crippen molar-refractivity contribution in [3.63, 3.8) is 0 Å². The van der Waals surface area contributed by atoms with E-state index in [0.29, 0.717) is 0 Å². The van der Waals surface area contributed by atoms with Gasteiger partial charge in [-0.25, -0.2) is 0 Å². The molecule has 0 spiro atoms. The van der Waals surface area contributed by atoms with Crippen LogP contribution in [0.15, 0.2) is 0 Å². The van der Waals surface area contributed by atoms with E-state index < -0.39 is 6.10 Å². The monoisotopic (exact) mass is 393 g/mol. The van der Waals surface area contributed by atoms with Gasteiger partial charge in [0.25, 0.3) is 0 Å². The van der Waals surface area contributed by atoms with Gasteiger partial charge < -0.3 is 25.3 Å². The molecule has 5 nitrogen and oxygen atoms in total. The first-order valence-electron chi connectivity index (χ1n) is 11.1. The standard InChI is InChI=1S/C19H42N.C3H8O3.H2O/c1-5-6-7-8-9-10-11-12-13-14-15-16-17-18-19-20(2,3)4;4-1-3(6)2-5;/h5-19H2,1-4H3;3-6H,1-2H2;1H2/q+1;;/p-1. The Morgan fingerprint density at radius 3 is 1.11 bits per heavy atom. The molecule has 0 aromatic carbocycles. The summed E-state index contributed by atoms with van der Waals surface area (Å²) in [6.45, 7) is 2.90. The van der Waals surface area contributed by atoms with Crippen molar-refractivity contribution < 1.29 is 25.3 Å². The van der Waals surface area contributed by atoms with Gasteiger partial charge in [0.15, 0.2) is 0 Å². The van der Waals surface area contributed by atoms with E-state index in [-0.39, 0.29) is 18.7 Å². The summed E-state index contributed by atoms with van der Waals surface area (Å²) in [6.07, 6.45) is 19.4. The lowest BCUT2D eigenvalue weighted by Gasteiger charge is -2.23. The molecule has 0 amide bonds. The zero-order valence-corrected chi connectivity index (χ0v) is 18.8. The summed E-state index contributed by atoms with van der Waals surface area (Å²) in [5.74, 6) is 0. The number of hydrogen-bond acceptors (Lipinski definition) is 4. The minimum absolute atomic E-state index is 0. The molecule has 27 heavy (non-hydrogen) atoms. The molecule has 0 aromatic rings. The predicted octanol–water partition coefficient (Wildman–Crippen LogP) is 4.33. The summed E-state index contributed by atoms with van der Waals surface area (Å²) in [5, 5.41) is 24.0. The second-order valence-electron chi connectivity index (χ2n) is 8.63. The van der Waals surface area contributed by atoms with Crippen LogP contribution in [-0.2, 0) is 0 Å². The van der Waals surface area contributed by atoms with Gasteiger partial charge in [-0.1, -0.05) is 84.0 Å². The molecule has 5 heteroatoms. The number of unbranched alkanes of at least 4 members (excludes halogenated alkanes) is 13. The Kier molecular flexibility index (Phi) is 27.8. The Balaban J connectivity index is -0.000000709. The van der Waals surface area contributed by atoms with E-state index in [1.54, 1.807) is 0 Å². The van der Waals surface area contributed by atoms with E-state index >= 15 is 0 Å². The second-order valence-corrected chi connectivity index (χ2v) is 8.63. The molecule has 4 N–H and O–H groups in total. The third-order valence-electron chi connectivity index (χ3n) is 4.60. The summed E-state index contributed by atoms with van der Waals surface area (Å²) in [6, 6.07) is 0. The first-order chi connectivity index (χ1) is 12.4. The normalized spacial score (nSPS) is 11.1. The maximum absolute atomic E-state index is 8.17. The Morgan fingerprint density at radius 2 is 0.889 bits per heavy atom. The van der Waals surface area contributed by atoms with E-state index in [9.17, 15) is 0 Å². The first kappa shape index (κ1) is 31.5. The average Bonchev–Trinajstić information content (AvgIpc) is 2.61. The second kappa shape index (κ2) is 23.8. The molecule has 0 bridgehead atoms. The molecule has 0 saturated heterocycles. The molecule has 168 valence electrons. The lowest BCUT2D eigenvalue weighted by atomic mass is 10.0. The van der Waals surface area contributed by atoms with Crippen LogP contribution in [0.4, 0.5) is 0 Å². The van der Waals surface area contributed by atoms with E-state index in [0.717, 1.165) is 4.48 Å². The molecule has 0 atom stereocenters. The van der Waals surface area contributed by atoms with Crippen molar-refractivity contribution in [1.29, 1.82) is 0 Å². The zero-order valence-electron chi connectivity index (χ0n) is 18.8. The van der Waals surface area contributed by atoms with Crippen LogP contribution in [0.2, 0.25) is 0 Å². The van der Waals surface area contributed by atoms with Crippen molar-refractivity contribution >= 4 is 0 Å². The van der Waals surface area contributed by atoms with Gasteiger partial charge in [0.05, 0.1) is 40.9 Å². The third kappa shape index (κ3) is 33.8. The van der Waals surface area contributed by atoms with Crippen LogP contribution >= 0.6 is 0 Å². The Hall–Kier alpha value is -0.200. The van der Waals surface area contributed by atoms with Crippen LogP contribution in [0.25, 0.3) is 0 Å². The summed E-state index contributed by atoms with van der Waals surface area (Å²) < 4.78 is 1.12. The number of quaternary nitrogens is 1. The van der Waals surface area contributed by atoms with E-state index in [2.05, 4.69) is 28.1 Å². The van der Waals surface area contributed by atoms with Gasteiger partial charge in [-0.15, -0.1) is 0 Å². The average molecular weight is 394 g/mol. The fraction of sp³-hybridized carbons (Fsp3) is 1.00. The maximum atomic E-state index is 8.17. The van der Waals surface area contributed by atoms with Crippen LogP contribution in [0.1, 0.15) is 96.8 Å². The Morgan fingerprint density at radius 1 is 0.593 bits per heavy atom. The molecule has 0 fully saturated rings. The van der Waals surface area contributed by atoms with E-state index in [4.69, 9.17) is 15.3 Å². The molecule has 0 aromatic heterocycles. The number of hydrogen-bond donors (Lipinski definition) is 3. The Bertz CT molecular complexity index is 253. The molecule has 0 radical (unpaired) electrons. The van der Waals surface area contributed by atoms with Gasteiger partial charge in [0.1, 0.15) is 6.10 Å². The fourth-order valence-electron chi connectivity index (χ4n) is 2.84. The van der Waals surface area contributed by atoms with E-state index in [1.165, 1.54) is 96.4 Å². The van der Waals surface area contributed by atoms with Crippen molar-refractivity contribution in [3.05, 3.63) is 0 Å². The van der Waals surface area contributed by atoms with Gasteiger partial charge in [-0.3, -0.25) is 0 Å². The van der Waals surface area contributed by atoms with E-state index in [1.807, 2.05) is 0 Å². The minimum Gasteiger partial charge on any atom is -0.870 e. The highest BCUT2D eigenvalue weighted by atomic mass is 16.3. The molecule has 0 aliphatic rings. The minimum atomic E-state index is -0.954. The summed E-state index contributed by atoms with van der Waals surface area (Å²) >= 11 is 0. The van der Waals surface area contributed by atoms with Crippen molar-refractivity contribution in [2.24, 2.45) is 0 Å². The Labute approximate surface area is 169 Å². The van der Waals surface area contributed by atoms with Crippen LogP contribution in [0.3, 0.4) is 0 Å². The highest BCUT2D eigenvalue weighted by molar-refractivity contribution is 4.49. The number of aliphatic hydroxyl groups is 3. The summed E-state index contributed by atoms with van der Waals surface area (Å²) in [7, 11) is 6.88. The summed E-state index contributed by atoms with van der Waals surface area (Å²) in [5.41, 5.74) is 0. The molecular formula is C22H51NO4. The van der Waals surface area contributed by atoms with Gasteiger partial charge in [-0.2, -0.15) is 0 Å². The number of aliphatic hydroxyl groups excluding tert-OH is 3. The molecule has 0 saturated carbocycles. The lowest BCUT2D eigenvalue weighted by molar-refractivity contribution is -0.870. The predicted molar refractivity (Wildman–Crippen MR) is 115 cm³/mol. The van der Waals surface area contributed by atoms with Gasteiger partial charge in [0, 0.05) is 0 Å². The lowest BCUT2D eigenvalue weighted by Crippen LogP contribution is -2.35. The highest BCUT2D eigenvalue weighted by Crippen LogP contribution is 2.13. The quantitative estimate of drug-likeness (QED) is 0.253. The van der Waals surface area contributed by atoms with Gasteiger partial charge in [-0.05, 0) is 12.8 Å². The van der Waals surface area contributed by atoms with Crippen LogP contribution in [0, 0.1) is 0 Å². The highest BCUT2D eigenvalue weighted by Gasteiger charge is 2.04. The maximum Gasteiger partial charge on any atom is 0.100 e. The van der Waals surface area contributed by atoms with Gasteiger partial charge in [0.2, 0.25) is 0 Å². The topological polar surface area (TPSA) is 90.7 Å². The first-order valence-corrected chi connectivity index (χ1v) is 11.1. The SMILES string of the molecule is CCCCCCCCCCCCCCCC[N+](C)(C)C.OCC(O)CO.[OH-]. The fourth-order valence-corrected chi connectivity index (χ4v) is 2.84. The molecular weight excluding hydrogens is 342 g/mol. The van der Waals surface area contributed by atoms with Crippen molar-refractivity contribution in [1.82, 2.24) is 0 Å².